The van der Waals surface area contributed by atoms with Crippen molar-refractivity contribution in [3.8, 4) is 11.5 Å². The number of benzene rings is 2. The van der Waals surface area contributed by atoms with Gasteiger partial charge in [0, 0.05) is 6.07 Å². The van der Waals surface area contributed by atoms with Gasteiger partial charge < -0.3 is 9.47 Å². The number of methoxy groups -OCH3 is 2. The SMILES string of the molecule is COc1ccccc1C(=O)c1cc(Br)c(F)cc1OC. The summed E-state index contributed by atoms with van der Waals surface area (Å²) in [6.07, 6.45) is 0. The minimum absolute atomic E-state index is 0.182. The van der Waals surface area contributed by atoms with Crippen molar-refractivity contribution in [1.29, 1.82) is 0 Å². The third-order valence-corrected chi connectivity index (χ3v) is 3.45. The molecule has 0 unspecified atom stereocenters. The summed E-state index contributed by atoms with van der Waals surface area (Å²) < 4.78 is 23.9. The zero-order valence-corrected chi connectivity index (χ0v) is 12.5. The molecule has 0 aromatic heterocycles. The second-order valence-electron chi connectivity index (χ2n) is 4.00. The molecule has 0 bridgehead atoms. The highest BCUT2D eigenvalue weighted by Gasteiger charge is 2.20. The van der Waals surface area contributed by atoms with E-state index in [0.717, 1.165) is 0 Å². The maximum absolute atomic E-state index is 13.5. The molecule has 0 amide bonds. The van der Waals surface area contributed by atoms with Gasteiger partial charge in [-0.2, -0.15) is 0 Å². The van der Waals surface area contributed by atoms with E-state index in [4.69, 9.17) is 9.47 Å². The molecule has 0 saturated heterocycles. The van der Waals surface area contributed by atoms with Crippen LogP contribution in [0.2, 0.25) is 0 Å². The molecule has 0 spiro atoms. The molecule has 0 N–H and O–H groups in total. The molecule has 0 saturated carbocycles. The first-order valence-electron chi connectivity index (χ1n) is 5.79. The van der Waals surface area contributed by atoms with E-state index < -0.39 is 5.82 Å². The van der Waals surface area contributed by atoms with Crippen LogP contribution in [0, 0.1) is 5.82 Å². The van der Waals surface area contributed by atoms with E-state index in [1.807, 2.05) is 0 Å². The van der Waals surface area contributed by atoms with E-state index in [1.54, 1.807) is 24.3 Å². The molecule has 0 aliphatic heterocycles. The highest BCUT2D eigenvalue weighted by molar-refractivity contribution is 9.10. The number of rotatable bonds is 4. The Kier molecular flexibility index (Phi) is 4.39. The lowest BCUT2D eigenvalue weighted by molar-refractivity contribution is 0.103. The minimum atomic E-state index is -0.488. The van der Waals surface area contributed by atoms with Crippen LogP contribution < -0.4 is 9.47 Å². The normalized spacial score (nSPS) is 10.2. The molecule has 0 fully saturated rings. The Labute approximate surface area is 124 Å². The number of carbonyl (C=O) groups excluding carboxylic acids is 1. The van der Waals surface area contributed by atoms with Crippen molar-refractivity contribution in [3.05, 3.63) is 57.8 Å². The molecule has 104 valence electrons. The van der Waals surface area contributed by atoms with Crippen molar-refractivity contribution in [2.75, 3.05) is 14.2 Å². The highest BCUT2D eigenvalue weighted by atomic mass is 79.9. The van der Waals surface area contributed by atoms with Gasteiger partial charge in [-0.15, -0.1) is 0 Å². The monoisotopic (exact) mass is 338 g/mol. The van der Waals surface area contributed by atoms with Gasteiger partial charge in [0.05, 0.1) is 29.8 Å². The summed E-state index contributed by atoms with van der Waals surface area (Å²) in [6, 6.07) is 9.43. The van der Waals surface area contributed by atoms with Crippen molar-refractivity contribution in [2.45, 2.75) is 0 Å². The van der Waals surface area contributed by atoms with Crippen molar-refractivity contribution in [2.24, 2.45) is 0 Å². The summed E-state index contributed by atoms with van der Waals surface area (Å²) in [5, 5.41) is 0. The van der Waals surface area contributed by atoms with E-state index >= 15 is 0 Å². The average Bonchev–Trinajstić information content (AvgIpc) is 2.48. The highest BCUT2D eigenvalue weighted by Crippen LogP contribution is 2.30. The molecule has 5 heteroatoms. The first-order valence-corrected chi connectivity index (χ1v) is 6.58. The Hall–Kier alpha value is -1.88. The first kappa shape index (κ1) is 14.5. The molecule has 3 nitrogen and oxygen atoms in total. The Morgan fingerprint density at radius 2 is 1.70 bits per heavy atom. The second-order valence-corrected chi connectivity index (χ2v) is 4.85. The zero-order chi connectivity index (χ0) is 14.7. The fourth-order valence-electron chi connectivity index (χ4n) is 1.85. The molecule has 0 radical (unpaired) electrons. The first-order chi connectivity index (χ1) is 9.58. The summed E-state index contributed by atoms with van der Waals surface area (Å²) in [5.74, 6) is -0.139. The van der Waals surface area contributed by atoms with Gasteiger partial charge in [-0.3, -0.25) is 4.79 Å². The molecule has 0 atom stereocenters. The topological polar surface area (TPSA) is 35.5 Å². The Bertz CT molecular complexity index is 656. The summed E-state index contributed by atoms with van der Waals surface area (Å²) in [6.45, 7) is 0. The van der Waals surface area contributed by atoms with Crippen LogP contribution in [-0.2, 0) is 0 Å². The van der Waals surface area contributed by atoms with Crippen molar-refractivity contribution < 1.29 is 18.7 Å². The molecule has 2 rings (SSSR count). The second kappa shape index (κ2) is 6.05. The van der Waals surface area contributed by atoms with Gasteiger partial charge >= 0.3 is 0 Å². The standard InChI is InChI=1S/C15H12BrFO3/c1-19-13-6-4-3-5-9(13)15(18)10-7-11(16)12(17)8-14(10)20-2/h3-8H,1-2H3. The van der Waals surface area contributed by atoms with E-state index in [1.165, 1.54) is 26.4 Å². The van der Waals surface area contributed by atoms with Crippen molar-refractivity contribution in [3.63, 3.8) is 0 Å². The van der Waals surface area contributed by atoms with Crippen LogP contribution in [0.4, 0.5) is 4.39 Å². The molecular formula is C15H12BrFO3. The van der Waals surface area contributed by atoms with Crippen LogP contribution in [0.5, 0.6) is 11.5 Å². The van der Waals surface area contributed by atoms with E-state index in [-0.39, 0.29) is 21.6 Å². The Balaban J connectivity index is 2.56. The van der Waals surface area contributed by atoms with Gasteiger partial charge in [-0.25, -0.2) is 4.39 Å². The fourth-order valence-corrected chi connectivity index (χ4v) is 2.20. The van der Waals surface area contributed by atoms with Crippen LogP contribution >= 0.6 is 15.9 Å². The van der Waals surface area contributed by atoms with Crippen LogP contribution in [0.1, 0.15) is 15.9 Å². The average molecular weight is 339 g/mol. The van der Waals surface area contributed by atoms with Gasteiger partial charge in [0.2, 0.25) is 5.78 Å². The van der Waals surface area contributed by atoms with Crippen LogP contribution in [0.15, 0.2) is 40.9 Å². The molecule has 0 aliphatic rings. The van der Waals surface area contributed by atoms with Gasteiger partial charge in [-0.1, -0.05) is 12.1 Å². The van der Waals surface area contributed by atoms with Gasteiger partial charge in [0.25, 0.3) is 0 Å². The van der Waals surface area contributed by atoms with Gasteiger partial charge in [0.15, 0.2) is 0 Å². The molecule has 2 aromatic rings. The third kappa shape index (κ3) is 2.67. The fraction of sp³-hybridized carbons (Fsp3) is 0.133. The molecular weight excluding hydrogens is 327 g/mol. The van der Waals surface area contributed by atoms with E-state index in [2.05, 4.69) is 15.9 Å². The minimum Gasteiger partial charge on any atom is -0.496 e. The predicted octanol–water partition coefficient (Wildman–Crippen LogP) is 3.84. The third-order valence-electron chi connectivity index (χ3n) is 2.84. The molecule has 0 aliphatic carbocycles. The number of para-hydroxylation sites is 1. The van der Waals surface area contributed by atoms with Gasteiger partial charge in [0.1, 0.15) is 17.3 Å². The van der Waals surface area contributed by atoms with Crippen LogP contribution in [0.25, 0.3) is 0 Å². The van der Waals surface area contributed by atoms with E-state index in [0.29, 0.717) is 11.3 Å². The smallest absolute Gasteiger partial charge is 0.200 e. The summed E-state index contributed by atoms with van der Waals surface area (Å²) >= 11 is 3.07. The number of halogens is 2. The van der Waals surface area contributed by atoms with Crippen LogP contribution in [-0.4, -0.2) is 20.0 Å². The number of ketones is 1. The summed E-state index contributed by atoms with van der Waals surface area (Å²) in [7, 11) is 2.88. The number of hydrogen-bond acceptors (Lipinski definition) is 3. The van der Waals surface area contributed by atoms with Crippen LogP contribution in [0.3, 0.4) is 0 Å². The lowest BCUT2D eigenvalue weighted by atomic mass is 10.0. The predicted molar refractivity (Wildman–Crippen MR) is 77.1 cm³/mol. The molecule has 20 heavy (non-hydrogen) atoms. The number of hydrogen-bond donors (Lipinski definition) is 0. The number of ether oxygens (including phenoxy) is 2. The van der Waals surface area contributed by atoms with Crippen molar-refractivity contribution >= 4 is 21.7 Å². The lowest BCUT2D eigenvalue weighted by Crippen LogP contribution is -2.06. The summed E-state index contributed by atoms with van der Waals surface area (Å²) in [5.41, 5.74) is 0.664. The van der Waals surface area contributed by atoms with Crippen molar-refractivity contribution in [1.82, 2.24) is 0 Å². The van der Waals surface area contributed by atoms with Gasteiger partial charge in [-0.05, 0) is 34.1 Å². The number of carbonyl (C=O) groups is 1. The van der Waals surface area contributed by atoms with E-state index in [9.17, 15) is 9.18 Å². The maximum atomic E-state index is 13.5. The maximum Gasteiger partial charge on any atom is 0.200 e. The molecule has 2 aromatic carbocycles. The summed E-state index contributed by atoms with van der Waals surface area (Å²) in [4.78, 5) is 12.6. The Morgan fingerprint density at radius 1 is 1.05 bits per heavy atom. The lowest BCUT2D eigenvalue weighted by Gasteiger charge is -2.11. The Morgan fingerprint density at radius 3 is 2.35 bits per heavy atom. The zero-order valence-electron chi connectivity index (χ0n) is 10.9. The largest absolute Gasteiger partial charge is 0.496 e. The quantitative estimate of drug-likeness (QED) is 0.794. The molecule has 0 heterocycles.